The van der Waals surface area contributed by atoms with Crippen molar-refractivity contribution in [3.05, 3.63) is 47.2 Å². The zero-order valence-corrected chi connectivity index (χ0v) is 9.76. The molecule has 0 spiro atoms. The predicted molar refractivity (Wildman–Crippen MR) is 65.0 cm³/mol. The molecule has 1 aromatic heterocycles. The Morgan fingerprint density at radius 1 is 1.41 bits per heavy atom. The fourth-order valence-corrected chi connectivity index (χ4v) is 2.42. The van der Waals surface area contributed by atoms with Gasteiger partial charge in [0.2, 0.25) is 0 Å². The average molecular weight is 229 g/mol. The van der Waals surface area contributed by atoms with Gasteiger partial charge in [-0.3, -0.25) is 4.90 Å². The molecule has 17 heavy (non-hydrogen) atoms. The minimum atomic E-state index is 0.274. The number of anilines is 1. The van der Waals surface area contributed by atoms with Crippen LogP contribution < -0.4 is 5.73 Å². The summed E-state index contributed by atoms with van der Waals surface area (Å²) in [5, 5.41) is 3.81. The molecule has 0 fully saturated rings. The molecule has 4 nitrogen and oxygen atoms in total. The molecule has 88 valence electrons. The molecular formula is C13H15N3O. The maximum Gasteiger partial charge on any atom is 0.171 e. The van der Waals surface area contributed by atoms with Crippen molar-refractivity contribution in [2.75, 3.05) is 5.73 Å². The monoisotopic (exact) mass is 229 g/mol. The molecule has 1 aliphatic rings. The molecule has 1 aliphatic heterocycles. The van der Waals surface area contributed by atoms with Crippen LogP contribution in [0.4, 0.5) is 5.82 Å². The number of nitrogens with zero attached hydrogens (tertiary/aromatic N) is 2. The van der Waals surface area contributed by atoms with Crippen LogP contribution in [-0.4, -0.2) is 10.1 Å². The zero-order valence-electron chi connectivity index (χ0n) is 9.76. The summed E-state index contributed by atoms with van der Waals surface area (Å²) in [4.78, 5) is 2.33. The molecule has 0 saturated heterocycles. The van der Waals surface area contributed by atoms with Crippen molar-refractivity contribution in [3.8, 4) is 0 Å². The Hall–Kier alpha value is -1.81. The first-order chi connectivity index (χ1) is 8.25. The Morgan fingerprint density at radius 3 is 2.88 bits per heavy atom. The Labute approximate surface area is 100 Å². The van der Waals surface area contributed by atoms with Gasteiger partial charge in [0.05, 0.1) is 12.1 Å². The second-order valence-corrected chi connectivity index (χ2v) is 4.47. The topological polar surface area (TPSA) is 55.3 Å². The lowest BCUT2D eigenvalue weighted by molar-refractivity contribution is 0.203. The second kappa shape index (κ2) is 3.89. The van der Waals surface area contributed by atoms with E-state index in [0.29, 0.717) is 5.82 Å². The first kappa shape index (κ1) is 10.4. The van der Waals surface area contributed by atoms with Gasteiger partial charge in [0.15, 0.2) is 11.6 Å². The van der Waals surface area contributed by atoms with E-state index in [1.54, 1.807) is 0 Å². The van der Waals surface area contributed by atoms with Crippen molar-refractivity contribution in [2.24, 2.45) is 0 Å². The lowest BCUT2D eigenvalue weighted by atomic mass is 10.1. The number of hydrogen-bond donors (Lipinski definition) is 1. The van der Waals surface area contributed by atoms with E-state index in [0.717, 1.165) is 24.4 Å². The van der Waals surface area contributed by atoms with Gasteiger partial charge < -0.3 is 10.3 Å². The molecular weight excluding hydrogens is 214 g/mol. The van der Waals surface area contributed by atoms with E-state index < -0.39 is 0 Å². The molecule has 0 amide bonds. The van der Waals surface area contributed by atoms with E-state index in [1.165, 1.54) is 5.56 Å². The molecule has 0 bridgehead atoms. The second-order valence-electron chi connectivity index (χ2n) is 4.47. The summed E-state index contributed by atoms with van der Waals surface area (Å²) in [6, 6.07) is 10.7. The lowest BCUT2D eigenvalue weighted by Gasteiger charge is -2.21. The van der Waals surface area contributed by atoms with E-state index in [9.17, 15) is 0 Å². The maximum atomic E-state index is 5.81. The average Bonchev–Trinajstić information content (AvgIpc) is 2.84. The maximum absolute atomic E-state index is 5.81. The van der Waals surface area contributed by atoms with Crippen LogP contribution in [0.1, 0.15) is 29.9 Å². The lowest BCUT2D eigenvalue weighted by Crippen LogP contribution is -2.20. The van der Waals surface area contributed by atoms with Crippen LogP contribution in [-0.2, 0) is 13.1 Å². The van der Waals surface area contributed by atoms with Crippen LogP contribution in [0.25, 0.3) is 0 Å². The molecule has 2 aromatic rings. The summed E-state index contributed by atoms with van der Waals surface area (Å²) in [7, 11) is 0. The van der Waals surface area contributed by atoms with Crippen molar-refractivity contribution in [2.45, 2.75) is 26.1 Å². The molecule has 0 aliphatic carbocycles. The minimum Gasteiger partial charge on any atom is -0.381 e. The number of benzene rings is 1. The SMILES string of the molecule is CC1c2c(N)noc2CN1Cc1ccccc1. The first-order valence-electron chi connectivity index (χ1n) is 5.77. The zero-order chi connectivity index (χ0) is 11.8. The number of nitrogen functional groups attached to an aromatic ring is 1. The number of aromatic nitrogens is 1. The number of rotatable bonds is 2. The quantitative estimate of drug-likeness (QED) is 0.858. The van der Waals surface area contributed by atoms with E-state index >= 15 is 0 Å². The first-order valence-corrected chi connectivity index (χ1v) is 5.77. The van der Waals surface area contributed by atoms with Crippen LogP contribution in [0.3, 0.4) is 0 Å². The Morgan fingerprint density at radius 2 is 2.18 bits per heavy atom. The van der Waals surface area contributed by atoms with Gasteiger partial charge in [-0.25, -0.2) is 0 Å². The van der Waals surface area contributed by atoms with Crippen molar-refractivity contribution in [3.63, 3.8) is 0 Å². The van der Waals surface area contributed by atoms with E-state index in [1.807, 2.05) is 6.07 Å². The molecule has 1 atom stereocenters. The number of fused-ring (bicyclic) bond motifs is 1. The van der Waals surface area contributed by atoms with E-state index in [4.69, 9.17) is 10.3 Å². The minimum absolute atomic E-state index is 0.274. The summed E-state index contributed by atoms with van der Waals surface area (Å²) >= 11 is 0. The number of hydrogen-bond acceptors (Lipinski definition) is 4. The standard InChI is InChI=1S/C13H15N3O/c1-9-12-11(17-15-13(12)14)8-16(9)7-10-5-3-2-4-6-10/h2-6,9H,7-8H2,1H3,(H2,14,15). The molecule has 4 heteroatoms. The fraction of sp³-hybridized carbons (Fsp3) is 0.308. The van der Waals surface area contributed by atoms with Crippen LogP contribution in [0.15, 0.2) is 34.9 Å². The Kier molecular flexibility index (Phi) is 2.37. The van der Waals surface area contributed by atoms with E-state index in [-0.39, 0.29) is 6.04 Å². The normalized spacial score (nSPS) is 19.5. The van der Waals surface area contributed by atoms with Crippen molar-refractivity contribution in [1.82, 2.24) is 10.1 Å². The van der Waals surface area contributed by atoms with Crippen molar-refractivity contribution < 1.29 is 4.52 Å². The summed E-state index contributed by atoms with van der Waals surface area (Å²) in [5.41, 5.74) is 8.16. The van der Waals surface area contributed by atoms with Crippen molar-refractivity contribution >= 4 is 5.82 Å². The number of nitrogens with two attached hydrogens (primary N) is 1. The highest BCUT2D eigenvalue weighted by atomic mass is 16.5. The third-order valence-electron chi connectivity index (χ3n) is 3.37. The molecule has 2 N–H and O–H groups in total. The molecule has 1 aromatic carbocycles. The predicted octanol–water partition coefficient (Wildman–Crippen LogP) is 2.33. The molecule has 2 heterocycles. The molecule has 0 saturated carbocycles. The summed E-state index contributed by atoms with van der Waals surface area (Å²) in [6.07, 6.45) is 0. The van der Waals surface area contributed by atoms with Gasteiger partial charge in [-0.2, -0.15) is 0 Å². The van der Waals surface area contributed by atoms with Crippen LogP contribution in [0.2, 0.25) is 0 Å². The summed E-state index contributed by atoms with van der Waals surface area (Å²) in [6.45, 7) is 3.84. The van der Waals surface area contributed by atoms with Gasteiger partial charge >= 0.3 is 0 Å². The van der Waals surface area contributed by atoms with E-state index in [2.05, 4.69) is 41.2 Å². The largest absolute Gasteiger partial charge is 0.381 e. The van der Waals surface area contributed by atoms with Gasteiger partial charge in [-0.15, -0.1) is 0 Å². The highest BCUT2D eigenvalue weighted by Gasteiger charge is 2.32. The third kappa shape index (κ3) is 1.70. The fourth-order valence-electron chi connectivity index (χ4n) is 2.42. The molecule has 1 unspecified atom stereocenters. The summed E-state index contributed by atoms with van der Waals surface area (Å²) in [5.74, 6) is 1.44. The molecule has 0 radical (unpaired) electrons. The molecule has 3 rings (SSSR count). The van der Waals surface area contributed by atoms with Gasteiger partial charge in [-0.05, 0) is 12.5 Å². The highest BCUT2D eigenvalue weighted by molar-refractivity contribution is 5.45. The highest BCUT2D eigenvalue weighted by Crippen LogP contribution is 2.37. The summed E-state index contributed by atoms with van der Waals surface area (Å²) < 4.78 is 5.23. The van der Waals surface area contributed by atoms with Crippen LogP contribution >= 0.6 is 0 Å². The van der Waals surface area contributed by atoms with Gasteiger partial charge in [0.25, 0.3) is 0 Å². The van der Waals surface area contributed by atoms with Crippen molar-refractivity contribution in [1.29, 1.82) is 0 Å². The Bertz CT molecular complexity index is 521. The van der Waals surface area contributed by atoms with Crippen LogP contribution in [0, 0.1) is 0 Å². The van der Waals surface area contributed by atoms with Gasteiger partial charge in [-0.1, -0.05) is 35.5 Å². The smallest absolute Gasteiger partial charge is 0.171 e. The van der Waals surface area contributed by atoms with Crippen LogP contribution in [0.5, 0.6) is 0 Å². The third-order valence-corrected chi connectivity index (χ3v) is 3.37. The Balaban J connectivity index is 1.81. The van der Waals surface area contributed by atoms with Gasteiger partial charge in [0.1, 0.15) is 0 Å². The van der Waals surface area contributed by atoms with Gasteiger partial charge in [0, 0.05) is 12.6 Å².